The highest BCUT2D eigenvalue weighted by Crippen LogP contribution is 2.27. The van der Waals surface area contributed by atoms with Crippen molar-refractivity contribution in [3.05, 3.63) is 34.9 Å². The molecule has 0 unspecified atom stereocenters. The van der Waals surface area contributed by atoms with Crippen molar-refractivity contribution in [1.82, 2.24) is 21.0 Å². The van der Waals surface area contributed by atoms with Gasteiger partial charge in [-0.25, -0.2) is 15.1 Å². The predicted molar refractivity (Wildman–Crippen MR) is 131 cm³/mol. The molecular formula is C24H39ClN4O5. The fourth-order valence-electron chi connectivity index (χ4n) is 4.28. The Balaban J connectivity index is 1.89. The molecule has 1 heterocycles. The van der Waals surface area contributed by atoms with Crippen LogP contribution in [0.15, 0.2) is 24.3 Å². The van der Waals surface area contributed by atoms with E-state index in [0.717, 1.165) is 50.7 Å². The number of nitrogens with zero attached hydrogens (tertiary/aromatic N) is 1. The van der Waals surface area contributed by atoms with Gasteiger partial charge in [-0.1, -0.05) is 23.7 Å². The van der Waals surface area contributed by atoms with Crippen molar-refractivity contribution >= 4 is 23.7 Å². The summed E-state index contributed by atoms with van der Waals surface area (Å²) in [5, 5.41) is 15.6. The summed E-state index contributed by atoms with van der Waals surface area (Å²) in [7, 11) is 3.12. The number of benzene rings is 1. The topological polar surface area (TPSA) is 112 Å². The lowest BCUT2D eigenvalue weighted by Crippen LogP contribution is -2.48. The maximum Gasteiger partial charge on any atom is 0.406 e. The molecule has 0 spiro atoms. The van der Waals surface area contributed by atoms with Gasteiger partial charge in [0.1, 0.15) is 0 Å². The predicted octanol–water partition coefficient (Wildman–Crippen LogP) is 3.76. The molecule has 34 heavy (non-hydrogen) atoms. The summed E-state index contributed by atoms with van der Waals surface area (Å²) in [6.45, 7) is 2.84. The van der Waals surface area contributed by atoms with E-state index in [2.05, 4.69) is 20.9 Å². The molecule has 0 radical (unpaired) electrons. The molecule has 1 aromatic rings. The van der Waals surface area contributed by atoms with Gasteiger partial charge >= 0.3 is 12.1 Å². The van der Waals surface area contributed by atoms with Crippen LogP contribution in [-0.2, 0) is 9.47 Å². The highest BCUT2D eigenvalue weighted by Gasteiger charge is 2.22. The third kappa shape index (κ3) is 10.5. The standard InChI is InChI=1S/C24H39ClN4O5/c1-29(23(30)28-22(16-27-32)14-18-6-5-13-34-17-18)12-10-19(8-4-11-26-24(31)33-2)20-7-3-9-21(25)15-20/h3,7,9,15,18-19,22,27,32H,4-6,8,10-14,16-17H2,1-2H3,(H,26,31)(H,28,30)/t18-,19-,22+/m1/s1. The van der Waals surface area contributed by atoms with Gasteiger partial charge in [0.15, 0.2) is 0 Å². The first-order valence-corrected chi connectivity index (χ1v) is 12.3. The molecule has 4 N–H and O–H groups in total. The van der Waals surface area contributed by atoms with Crippen LogP contribution in [0.5, 0.6) is 0 Å². The Morgan fingerprint density at radius 2 is 2.18 bits per heavy atom. The van der Waals surface area contributed by atoms with Crippen LogP contribution in [-0.4, -0.2) is 75.3 Å². The first-order valence-electron chi connectivity index (χ1n) is 12.0. The number of hydroxylamine groups is 1. The quantitative estimate of drug-likeness (QED) is 0.243. The molecule has 0 saturated carbocycles. The summed E-state index contributed by atoms with van der Waals surface area (Å²) in [6, 6.07) is 7.41. The molecule has 0 bridgehead atoms. The van der Waals surface area contributed by atoms with Crippen molar-refractivity contribution in [2.75, 3.05) is 47.0 Å². The first kappa shape index (κ1) is 28.2. The molecule has 0 aliphatic carbocycles. The van der Waals surface area contributed by atoms with E-state index in [4.69, 9.17) is 16.3 Å². The molecule has 1 saturated heterocycles. The van der Waals surface area contributed by atoms with Crippen molar-refractivity contribution in [2.24, 2.45) is 5.92 Å². The lowest BCUT2D eigenvalue weighted by molar-refractivity contribution is 0.0452. The van der Waals surface area contributed by atoms with E-state index in [1.165, 1.54) is 7.11 Å². The number of urea groups is 1. The summed E-state index contributed by atoms with van der Waals surface area (Å²) in [5.41, 5.74) is 3.30. The number of hydrogen-bond acceptors (Lipinski definition) is 6. The van der Waals surface area contributed by atoms with Crippen molar-refractivity contribution in [3.8, 4) is 0 Å². The van der Waals surface area contributed by atoms with Gasteiger partial charge in [-0.3, -0.25) is 0 Å². The van der Waals surface area contributed by atoms with Crippen molar-refractivity contribution < 1.29 is 24.3 Å². The van der Waals surface area contributed by atoms with Crippen LogP contribution in [0.4, 0.5) is 9.59 Å². The molecule has 0 aromatic heterocycles. The Bertz CT molecular complexity index is 748. The van der Waals surface area contributed by atoms with E-state index in [9.17, 15) is 14.8 Å². The van der Waals surface area contributed by atoms with Gasteiger partial charge in [0, 0.05) is 51.0 Å². The zero-order valence-corrected chi connectivity index (χ0v) is 21.0. The van der Waals surface area contributed by atoms with Crippen molar-refractivity contribution in [2.45, 2.75) is 50.5 Å². The molecular weight excluding hydrogens is 460 g/mol. The van der Waals surface area contributed by atoms with Gasteiger partial charge in [0.25, 0.3) is 0 Å². The molecule has 3 amide bonds. The van der Waals surface area contributed by atoms with Gasteiger partial charge in [-0.2, -0.15) is 0 Å². The average molecular weight is 499 g/mol. The van der Waals surface area contributed by atoms with E-state index >= 15 is 0 Å². The van der Waals surface area contributed by atoms with Gasteiger partial charge in [0.2, 0.25) is 0 Å². The second kappa shape index (κ2) is 15.8. The molecule has 1 aliphatic rings. The van der Waals surface area contributed by atoms with Crippen molar-refractivity contribution in [3.63, 3.8) is 0 Å². The Hall–Kier alpha value is -2.07. The Morgan fingerprint density at radius 3 is 2.85 bits per heavy atom. The molecule has 9 nitrogen and oxygen atoms in total. The van der Waals surface area contributed by atoms with E-state index in [1.807, 2.05) is 24.3 Å². The number of rotatable bonds is 13. The van der Waals surface area contributed by atoms with Crippen molar-refractivity contribution in [1.29, 1.82) is 0 Å². The maximum atomic E-state index is 12.8. The number of amides is 3. The van der Waals surface area contributed by atoms with E-state index < -0.39 is 6.09 Å². The molecule has 1 aromatic carbocycles. The minimum Gasteiger partial charge on any atom is -0.453 e. The smallest absolute Gasteiger partial charge is 0.406 e. The number of halogens is 1. The second-order valence-electron chi connectivity index (χ2n) is 8.85. The van der Waals surface area contributed by atoms with Crippen LogP contribution in [0.1, 0.15) is 50.0 Å². The highest BCUT2D eigenvalue weighted by molar-refractivity contribution is 6.30. The van der Waals surface area contributed by atoms with Gasteiger partial charge < -0.3 is 30.2 Å². The summed E-state index contributed by atoms with van der Waals surface area (Å²) in [4.78, 5) is 25.8. The number of methoxy groups -OCH3 is 1. The molecule has 10 heteroatoms. The number of carbonyl (C=O) groups excluding carboxylic acids is 2. The van der Waals surface area contributed by atoms with Gasteiger partial charge in [0.05, 0.1) is 7.11 Å². The lowest BCUT2D eigenvalue weighted by Gasteiger charge is -2.29. The average Bonchev–Trinajstić information content (AvgIpc) is 2.83. The Morgan fingerprint density at radius 1 is 1.35 bits per heavy atom. The van der Waals surface area contributed by atoms with Crippen LogP contribution >= 0.6 is 11.6 Å². The molecule has 3 atom stereocenters. The monoisotopic (exact) mass is 498 g/mol. The molecule has 1 aliphatic heterocycles. The van der Waals surface area contributed by atoms with Crippen LogP contribution in [0, 0.1) is 5.92 Å². The van der Waals surface area contributed by atoms with Gasteiger partial charge in [-0.15, -0.1) is 0 Å². The Labute approximate surface area is 207 Å². The maximum absolute atomic E-state index is 12.8. The van der Waals surface area contributed by atoms with Crippen LogP contribution < -0.4 is 16.1 Å². The lowest BCUT2D eigenvalue weighted by atomic mass is 9.91. The number of hydrogen-bond donors (Lipinski definition) is 4. The normalized spacial score (nSPS) is 17.5. The third-order valence-corrected chi connectivity index (χ3v) is 6.44. The minimum atomic E-state index is -0.442. The fourth-order valence-corrected chi connectivity index (χ4v) is 4.48. The number of alkyl carbamates (subject to hydrolysis) is 1. The largest absolute Gasteiger partial charge is 0.453 e. The first-order chi connectivity index (χ1) is 16.4. The summed E-state index contributed by atoms with van der Waals surface area (Å²) in [5.74, 6) is 0.561. The number of carbonyl (C=O) groups is 2. The highest BCUT2D eigenvalue weighted by atomic mass is 35.5. The Kier molecular flexibility index (Phi) is 13.1. The van der Waals surface area contributed by atoms with Crippen LogP contribution in [0.3, 0.4) is 0 Å². The molecule has 2 rings (SSSR count). The molecule has 192 valence electrons. The second-order valence-corrected chi connectivity index (χ2v) is 9.29. The number of ether oxygens (including phenoxy) is 2. The van der Waals surface area contributed by atoms with Crippen LogP contribution in [0.25, 0.3) is 0 Å². The summed E-state index contributed by atoms with van der Waals surface area (Å²) < 4.78 is 10.2. The van der Waals surface area contributed by atoms with E-state index in [-0.39, 0.29) is 24.5 Å². The summed E-state index contributed by atoms with van der Waals surface area (Å²) >= 11 is 6.21. The van der Waals surface area contributed by atoms with E-state index in [0.29, 0.717) is 30.6 Å². The minimum absolute atomic E-state index is 0.172. The third-order valence-electron chi connectivity index (χ3n) is 6.20. The van der Waals surface area contributed by atoms with Crippen LogP contribution in [0.2, 0.25) is 5.02 Å². The number of nitrogens with one attached hydrogen (secondary N) is 3. The van der Waals surface area contributed by atoms with E-state index in [1.54, 1.807) is 11.9 Å². The summed E-state index contributed by atoms with van der Waals surface area (Å²) in [6.07, 6.45) is 4.77. The SMILES string of the molecule is COC(=O)NCCC[C@H](CCN(C)C(=O)N[C@H](CNO)C[C@H]1CCCOC1)c1cccc(Cl)c1. The molecule has 1 fully saturated rings. The van der Waals surface area contributed by atoms with Gasteiger partial charge in [-0.05, 0) is 68.1 Å². The zero-order valence-electron chi connectivity index (χ0n) is 20.2. The fraction of sp³-hybridized carbons (Fsp3) is 0.667. The zero-order chi connectivity index (χ0) is 24.8.